The number of hydrogen-bond donors (Lipinski definition) is 0. The summed E-state index contributed by atoms with van der Waals surface area (Å²) in [6.45, 7) is 15.7. The highest BCUT2D eigenvalue weighted by Crippen LogP contribution is 2.33. The summed E-state index contributed by atoms with van der Waals surface area (Å²) in [5.41, 5.74) is 13.2. The first-order chi connectivity index (χ1) is 36.5. The second kappa shape index (κ2) is 20.4. The van der Waals surface area contributed by atoms with Crippen molar-refractivity contribution in [2.45, 2.75) is 84.7 Å². The van der Waals surface area contributed by atoms with Crippen LogP contribution >= 0.6 is 0 Å². The first-order valence-corrected chi connectivity index (χ1v) is 26.0. The van der Waals surface area contributed by atoms with Crippen LogP contribution < -0.4 is 0 Å². The lowest BCUT2D eigenvalue weighted by atomic mass is 9.92. The SMILES string of the molecule is Cc1cn2nc(-c3cc(F)c4cc(C5CCN(CCCn6cccn6)CC5)nnc4c3)cc(C)c2n1.Cc1cn2nc(-c3cc(F)c4cc(C5CCN(CCn6cnc7ccccc76)CC5)nnc4c3)cc(C)c2n1. The molecule has 10 heterocycles. The summed E-state index contributed by atoms with van der Waals surface area (Å²) in [5.74, 6) is -0.0110. The van der Waals surface area contributed by atoms with E-state index in [4.69, 9.17) is 0 Å². The topological polar surface area (TPSA) is 154 Å². The first-order valence-electron chi connectivity index (χ1n) is 26.0. The van der Waals surface area contributed by atoms with Crippen LogP contribution in [0.25, 0.3) is 66.6 Å². The molecule has 0 aliphatic carbocycles. The van der Waals surface area contributed by atoms with Gasteiger partial charge in [0.2, 0.25) is 0 Å². The van der Waals surface area contributed by atoms with Gasteiger partial charge in [0.15, 0.2) is 11.3 Å². The van der Waals surface area contributed by atoms with E-state index in [1.165, 1.54) is 5.52 Å². The summed E-state index contributed by atoms with van der Waals surface area (Å²) < 4.78 is 38.4. The summed E-state index contributed by atoms with van der Waals surface area (Å²) in [4.78, 5) is 18.5. The average Bonchev–Trinajstić information content (AvgIpc) is 4.26. The van der Waals surface area contributed by atoms with E-state index in [0.29, 0.717) is 50.2 Å². The molecule has 0 radical (unpaired) electrons. The van der Waals surface area contributed by atoms with E-state index in [-0.39, 0.29) is 17.6 Å². The summed E-state index contributed by atoms with van der Waals surface area (Å²) in [6, 6.07) is 24.7. The molecular formula is C57H58F2N16. The van der Waals surface area contributed by atoms with Gasteiger partial charge in [-0.05, 0) is 170 Å². The van der Waals surface area contributed by atoms with E-state index in [9.17, 15) is 0 Å². The lowest BCUT2D eigenvalue weighted by molar-refractivity contribution is 0.204. The van der Waals surface area contributed by atoms with Crippen LogP contribution in [0.4, 0.5) is 8.78 Å². The summed E-state index contributed by atoms with van der Waals surface area (Å²) in [5, 5.41) is 32.5. The summed E-state index contributed by atoms with van der Waals surface area (Å²) in [6.07, 6.45) is 14.6. The maximum atomic E-state index is 15.4. The Morgan fingerprint density at radius 3 is 1.65 bits per heavy atom. The normalized spacial score (nSPS) is 15.2. The number of hydrogen-bond acceptors (Lipinski definition) is 12. The zero-order valence-corrected chi connectivity index (χ0v) is 42.7. The Morgan fingerprint density at radius 1 is 0.560 bits per heavy atom. The van der Waals surface area contributed by atoms with Crippen LogP contribution in [-0.2, 0) is 13.1 Å². The van der Waals surface area contributed by atoms with E-state index < -0.39 is 0 Å². The number of halogens is 2. The molecule has 18 heteroatoms. The Labute approximate surface area is 432 Å². The summed E-state index contributed by atoms with van der Waals surface area (Å²) >= 11 is 0. The Bertz CT molecular complexity index is 3850. The molecule has 13 rings (SSSR count). The Kier molecular flexibility index (Phi) is 13.1. The highest BCUT2D eigenvalue weighted by Gasteiger charge is 2.25. The molecule has 0 saturated carbocycles. The van der Waals surface area contributed by atoms with Gasteiger partial charge in [-0.3, -0.25) is 4.68 Å². The average molecular weight is 1010 g/mol. The number of piperidine rings is 2. The van der Waals surface area contributed by atoms with Crippen molar-refractivity contribution in [2.24, 2.45) is 0 Å². The van der Waals surface area contributed by atoms with Gasteiger partial charge in [-0.25, -0.2) is 32.8 Å². The van der Waals surface area contributed by atoms with Crippen molar-refractivity contribution >= 4 is 44.1 Å². The number of aromatic nitrogens is 14. The van der Waals surface area contributed by atoms with Gasteiger partial charge >= 0.3 is 0 Å². The van der Waals surface area contributed by atoms with Crippen molar-refractivity contribution in [2.75, 3.05) is 39.3 Å². The van der Waals surface area contributed by atoms with Gasteiger partial charge in [-0.15, -0.1) is 0 Å². The number of likely N-dealkylation sites (tertiary alicyclic amines) is 2. The van der Waals surface area contributed by atoms with Crippen LogP contribution in [0.15, 0.2) is 110 Å². The maximum Gasteiger partial charge on any atom is 0.156 e. The predicted molar refractivity (Wildman–Crippen MR) is 285 cm³/mol. The molecule has 75 heavy (non-hydrogen) atoms. The van der Waals surface area contributed by atoms with Crippen molar-refractivity contribution in [3.63, 3.8) is 0 Å². The molecule has 11 aromatic rings. The van der Waals surface area contributed by atoms with Gasteiger partial charge < -0.3 is 14.4 Å². The maximum absolute atomic E-state index is 15.4. The molecule has 0 spiro atoms. The third kappa shape index (κ3) is 10.1. The standard InChI is InChI=1S/C30H29FN8.C27H29FN8/c1-19-13-27(36-39-17-20(2)33-30(19)39)22-14-24(31)23-16-26(34-35-28(23)15-22)21-7-9-37(10-8-21)11-12-38-18-32-25-5-3-4-6-29(25)38;1-18-13-25(33-36-17-19(2)30-27(18)36)21-14-23(28)22-16-24(31-32-26(22)15-21)20-5-11-34(12-6-20)8-4-10-35-9-3-7-29-35/h3-6,13-18,21H,7-12H2,1-2H3;3,7,9,13-17,20H,4-6,8,10-12H2,1-2H3. The van der Waals surface area contributed by atoms with Crippen molar-refractivity contribution in [1.29, 1.82) is 0 Å². The number of benzene rings is 3. The number of fused-ring (bicyclic) bond motifs is 5. The molecule has 0 bridgehead atoms. The van der Waals surface area contributed by atoms with Crippen molar-refractivity contribution < 1.29 is 8.78 Å². The van der Waals surface area contributed by atoms with Crippen molar-refractivity contribution in [3.8, 4) is 22.5 Å². The van der Waals surface area contributed by atoms with E-state index in [0.717, 1.165) is 135 Å². The molecule has 0 atom stereocenters. The van der Waals surface area contributed by atoms with Crippen LogP contribution in [0.5, 0.6) is 0 Å². The molecule has 2 saturated heterocycles. The molecule has 0 unspecified atom stereocenters. The summed E-state index contributed by atoms with van der Waals surface area (Å²) in [7, 11) is 0. The fraction of sp³-hybridized carbons (Fsp3) is 0.333. The predicted octanol–water partition coefficient (Wildman–Crippen LogP) is 9.89. The Balaban J connectivity index is 0.000000152. The highest BCUT2D eigenvalue weighted by atomic mass is 19.1. The Morgan fingerprint density at radius 2 is 1.11 bits per heavy atom. The third-order valence-electron chi connectivity index (χ3n) is 15.0. The second-order valence-electron chi connectivity index (χ2n) is 20.3. The van der Waals surface area contributed by atoms with Crippen LogP contribution in [0.1, 0.15) is 77.8 Å². The lowest BCUT2D eigenvalue weighted by Crippen LogP contribution is -2.35. The molecule has 0 N–H and O–H groups in total. The van der Waals surface area contributed by atoms with Crippen molar-refractivity contribution in [1.82, 2.24) is 78.7 Å². The number of imidazole rings is 3. The third-order valence-corrected chi connectivity index (χ3v) is 15.0. The molecule has 8 aromatic heterocycles. The molecule has 2 aliphatic heterocycles. The van der Waals surface area contributed by atoms with Crippen LogP contribution in [-0.4, -0.2) is 118 Å². The fourth-order valence-corrected chi connectivity index (χ4v) is 10.9. The molecule has 2 aliphatic rings. The Hall–Kier alpha value is -7.96. The molecule has 0 amide bonds. The smallest absolute Gasteiger partial charge is 0.156 e. The molecule has 3 aromatic carbocycles. The quantitative estimate of drug-likeness (QED) is 0.121. The van der Waals surface area contributed by atoms with Gasteiger partial charge in [0.25, 0.3) is 0 Å². The zero-order valence-electron chi connectivity index (χ0n) is 42.7. The fourth-order valence-electron chi connectivity index (χ4n) is 10.9. The molecule has 2 fully saturated rings. The second-order valence-corrected chi connectivity index (χ2v) is 20.3. The van der Waals surface area contributed by atoms with Crippen LogP contribution in [0.3, 0.4) is 0 Å². The van der Waals surface area contributed by atoms with E-state index in [2.05, 4.69) is 77.1 Å². The van der Waals surface area contributed by atoms with Gasteiger partial charge in [0.05, 0.1) is 75.0 Å². The highest BCUT2D eigenvalue weighted by molar-refractivity contribution is 5.85. The minimum Gasteiger partial charge on any atom is -0.329 e. The number of nitrogens with zero attached hydrogens (tertiary/aromatic N) is 16. The largest absolute Gasteiger partial charge is 0.329 e. The van der Waals surface area contributed by atoms with E-state index in [1.807, 2.05) is 118 Å². The minimum absolute atomic E-state index is 0.280. The minimum atomic E-state index is -0.301. The zero-order chi connectivity index (χ0) is 51.2. The number of aryl methyl sites for hydroxylation is 5. The molecule has 16 nitrogen and oxygen atoms in total. The first kappa shape index (κ1) is 48.0. The lowest BCUT2D eigenvalue weighted by Gasteiger charge is -2.31. The van der Waals surface area contributed by atoms with E-state index >= 15 is 8.78 Å². The van der Waals surface area contributed by atoms with Crippen molar-refractivity contribution in [3.05, 3.63) is 156 Å². The van der Waals surface area contributed by atoms with Gasteiger partial charge in [0.1, 0.15) is 11.6 Å². The van der Waals surface area contributed by atoms with Crippen LogP contribution in [0.2, 0.25) is 0 Å². The van der Waals surface area contributed by atoms with E-state index in [1.54, 1.807) is 21.2 Å². The van der Waals surface area contributed by atoms with Gasteiger partial charge in [-0.1, -0.05) is 12.1 Å². The van der Waals surface area contributed by atoms with Crippen LogP contribution in [0, 0.1) is 39.3 Å². The molecular weight excluding hydrogens is 947 g/mol. The molecule has 380 valence electrons. The number of para-hydroxylation sites is 2. The number of rotatable bonds is 11. The van der Waals surface area contributed by atoms with Gasteiger partial charge in [-0.2, -0.15) is 35.7 Å². The van der Waals surface area contributed by atoms with Gasteiger partial charge in [0, 0.05) is 65.8 Å². The monoisotopic (exact) mass is 1000 g/mol.